The predicted molar refractivity (Wildman–Crippen MR) is 62.5 cm³/mol. The van der Waals surface area contributed by atoms with Crippen molar-refractivity contribution >= 4 is 5.97 Å². The SMILES string of the molecule is CC(C)C(NC1CCOC(C)(C)C1)C(=O)O. The Morgan fingerprint density at radius 1 is 1.50 bits per heavy atom. The summed E-state index contributed by atoms with van der Waals surface area (Å²) < 4.78 is 5.61. The highest BCUT2D eigenvalue weighted by atomic mass is 16.5. The zero-order valence-electron chi connectivity index (χ0n) is 10.6. The minimum Gasteiger partial charge on any atom is -0.480 e. The van der Waals surface area contributed by atoms with E-state index in [4.69, 9.17) is 9.84 Å². The summed E-state index contributed by atoms with van der Waals surface area (Å²) >= 11 is 0. The summed E-state index contributed by atoms with van der Waals surface area (Å²) in [6, 6.07) is -0.217. The average molecular weight is 229 g/mol. The fraction of sp³-hybridized carbons (Fsp3) is 0.917. The van der Waals surface area contributed by atoms with E-state index < -0.39 is 12.0 Å². The van der Waals surface area contributed by atoms with Gasteiger partial charge in [0.2, 0.25) is 0 Å². The number of aliphatic carboxylic acids is 1. The Morgan fingerprint density at radius 2 is 2.12 bits per heavy atom. The largest absolute Gasteiger partial charge is 0.480 e. The van der Waals surface area contributed by atoms with Crippen molar-refractivity contribution in [1.29, 1.82) is 0 Å². The van der Waals surface area contributed by atoms with Crippen LogP contribution in [0.25, 0.3) is 0 Å². The second-order valence-electron chi connectivity index (χ2n) is 5.52. The molecule has 4 heteroatoms. The van der Waals surface area contributed by atoms with Crippen LogP contribution in [-0.2, 0) is 9.53 Å². The first-order valence-electron chi connectivity index (χ1n) is 5.94. The summed E-state index contributed by atoms with van der Waals surface area (Å²) in [5, 5.41) is 12.3. The first-order chi connectivity index (χ1) is 7.32. The third-order valence-electron chi connectivity index (χ3n) is 3.05. The smallest absolute Gasteiger partial charge is 0.320 e. The topological polar surface area (TPSA) is 58.6 Å². The summed E-state index contributed by atoms with van der Waals surface area (Å²) in [6.45, 7) is 8.65. The van der Waals surface area contributed by atoms with Gasteiger partial charge in [-0.2, -0.15) is 0 Å². The van der Waals surface area contributed by atoms with Crippen LogP contribution in [0.1, 0.15) is 40.5 Å². The molecule has 0 aromatic carbocycles. The normalized spacial score (nSPS) is 26.7. The number of carboxylic acid groups (broad SMARTS) is 1. The number of nitrogens with one attached hydrogen (secondary N) is 1. The molecule has 0 amide bonds. The standard InChI is InChI=1S/C12H23NO3/c1-8(2)10(11(14)15)13-9-5-6-16-12(3,4)7-9/h8-10,13H,5-7H2,1-4H3,(H,14,15). The van der Waals surface area contributed by atoms with Crippen molar-refractivity contribution in [3.8, 4) is 0 Å². The molecule has 0 spiro atoms. The highest BCUT2D eigenvalue weighted by molar-refractivity contribution is 5.73. The Kier molecular flexibility index (Phi) is 4.33. The van der Waals surface area contributed by atoms with E-state index in [0.29, 0.717) is 6.61 Å². The summed E-state index contributed by atoms with van der Waals surface area (Å²) in [4.78, 5) is 11.1. The number of rotatable bonds is 4. The van der Waals surface area contributed by atoms with Crippen molar-refractivity contribution in [3.63, 3.8) is 0 Å². The lowest BCUT2D eigenvalue weighted by molar-refractivity contribution is -0.141. The predicted octanol–water partition coefficient (Wildman–Crippen LogP) is 1.64. The van der Waals surface area contributed by atoms with Gasteiger partial charge in [0, 0.05) is 12.6 Å². The maximum atomic E-state index is 11.1. The fourth-order valence-electron chi connectivity index (χ4n) is 2.18. The Hall–Kier alpha value is -0.610. The molecular formula is C12H23NO3. The lowest BCUT2D eigenvalue weighted by Gasteiger charge is -2.37. The molecule has 1 saturated heterocycles. The van der Waals surface area contributed by atoms with E-state index in [0.717, 1.165) is 12.8 Å². The molecule has 2 N–H and O–H groups in total. The van der Waals surface area contributed by atoms with Crippen LogP contribution in [0.3, 0.4) is 0 Å². The number of ether oxygens (including phenoxy) is 1. The van der Waals surface area contributed by atoms with Crippen LogP contribution < -0.4 is 5.32 Å². The number of carbonyl (C=O) groups is 1. The van der Waals surface area contributed by atoms with E-state index in [9.17, 15) is 4.79 Å². The summed E-state index contributed by atoms with van der Waals surface area (Å²) in [5.41, 5.74) is -0.143. The van der Waals surface area contributed by atoms with Gasteiger partial charge in [0.25, 0.3) is 0 Å². The van der Waals surface area contributed by atoms with Crippen molar-refractivity contribution in [1.82, 2.24) is 5.32 Å². The molecule has 4 nitrogen and oxygen atoms in total. The Balaban J connectivity index is 2.55. The van der Waals surface area contributed by atoms with Crippen molar-refractivity contribution < 1.29 is 14.6 Å². The van der Waals surface area contributed by atoms with Gasteiger partial charge in [-0.3, -0.25) is 4.79 Å². The van der Waals surface area contributed by atoms with Crippen molar-refractivity contribution in [2.24, 2.45) is 5.92 Å². The minimum absolute atomic E-state index is 0.100. The summed E-state index contributed by atoms with van der Waals surface area (Å²) in [7, 11) is 0. The van der Waals surface area contributed by atoms with Gasteiger partial charge in [-0.15, -0.1) is 0 Å². The average Bonchev–Trinajstić information content (AvgIpc) is 2.11. The first-order valence-corrected chi connectivity index (χ1v) is 5.94. The van der Waals surface area contributed by atoms with Crippen LogP contribution in [0, 0.1) is 5.92 Å². The molecule has 0 saturated carbocycles. The van der Waals surface area contributed by atoms with Crippen LogP contribution in [0.15, 0.2) is 0 Å². The van der Waals surface area contributed by atoms with E-state index >= 15 is 0 Å². The van der Waals surface area contributed by atoms with E-state index in [1.165, 1.54) is 0 Å². The molecule has 2 unspecified atom stereocenters. The zero-order valence-corrected chi connectivity index (χ0v) is 10.6. The Labute approximate surface area is 97.4 Å². The molecule has 0 aromatic rings. The summed E-state index contributed by atoms with van der Waals surface area (Å²) in [6.07, 6.45) is 1.75. The monoisotopic (exact) mass is 229 g/mol. The van der Waals surface area contributed by atoms with Gasteiger partial charge in [-0.1, -0.05) is 13.8 Å². The molecule has 0 aromatic heterocycles. The Morgan fingerprint density at radius 3 is 2.56 bits per heavy atom. The molecule has 0 bridgehead atoms. The molecule has 1 rings (SSSR count). The van der Waals surface area contributed by atoms with Crippen molar-refractivity contribution in [3.05, 3.63) is 0 Å². The molecular weight excluding hydrogens is 206 g/mol. The first kappa shape index (κ1) is 13.5. The lowest BCUT2D eigenvalue weighted by atomic mass is 9.92. The highest BCUT2D eigenvalue weighted by Crippen LogP contribution is 2.24. The molecule has 0 aliphatic carbocycles. The minimum atomic E-state index is -0.765. The van der Waals surface area contributed by atoms with E-state index in [1.807, 2.05) is 27.7 Å². The van der Waals surface area contributed by atoms with Gasteiger partial charge in [-0.05, 0) is 32.6 Å². The van der Waals surface area contributed by atoms with Gasteiger partial charge in [0.05, 0.1) is 5.60 Å². The molecule has 16 heavy (non-hydrogen) atoms. The van der Waals surface area contributed by atoms with Crippen LogP contribution in [0.5, 0.6) is 0 Å². The summed E-state index contributed by atoms with van der Waals surface area (Å²) in [5.74, 6) is -0.664. The second-order valence-corrected chi connectivity index (χ2v) is 5.52. The van der Waals surface area contributed by atoms with Gasteiger partial charge in [0.15, 0.2) is 0 Å². The van der Waals surface area contributed by atoms with E-state index in [-0.39, 0.29) is 17.6 Å². The zero-order chi connectivity index (χ0) is 12.3. The molecule has 1 aliphatic heterocycles. The number of hydrogen-bond acceptors (Lipinski definition) is 3. The third-order valence-corrected chi connectivity index (χ3v) is 3.05. The van der Waals surface area contributed by atoms with Crippen LogP contribution in [0.2, 0.25) is 0 Å². The quantitative estimate of drug-likeness (QED) is 0.769. The second kappa shape index (κ2) is 5.15. The number of hydrogen-bond donors (Lipinski definition) is 2. The molecule has 94 valence electrons. The maximum absolute atomic E-state index is 11.1. The van der Waals surface area contributed by atoms with Crippen LogP contribution in [-0.4, -0.2) is 35.4 Å². The maximum Gasteiger partial charge on any atom is 0.320 e. The van der Waals surface area contributed by atoms with Crippen molar-refractivity contribution in [2.75, 3.05) is 6.61 Å². The lowest BCUT2D eigenvalue weighted by Crippen LogP contribution is -2.51. The van der Waals surface area contributed by atoms with Crippen molar-refractivity contribution in [2.45, 2.75) is 58.2 Å². The third kappa shape index (κ3) is 3.76. The Bertz CT molecular complexity index is 251. The molecule has 1 fully saturated rings. The van der Waals surface area contributed by atoms with E-state index in [2.05, 4.69) is 5.32 Å². The molecule has 1 aliphatic rings. The fourth-order valence-corrected chi connectivity index (χ4v) is 2.18. The van der Waals surface area contributed by atoms with Gasteiger partial charge >= 0.3 is 5.97 Å². The van der Waals surface area contributed by atoms with Crippen LogP contribution >= 0.6 is 0 Å². The molecule has 0 radical (unpaired) electrons. The molecule has 2 atom stereocenters. The van der Waals surface area contributed by atoms with E-state index in [1.54, 1.807) is 0 Å². The molecule has 1 heterocycles. The van der Waals surface area contributed by atoms with Gasteiger partial charge in [-0.25, -0.2) is 0 Å². The number of carboxylic acids is 1. The highest BCUT2D eigenvalue weighted by Gasteiger charge is 2.32. The van der Waals surface area contributed by atoms with Gasteiger partial charge in [0.1, 0.15) is 6.04 Å². The van der Waals surface area contributed by atoms with Gasteiger partial charge < -0.3 is 15.2 Å². The van der Waals surface area contributed by atoms with Crippen LogP contribution in [0.4, 0.5) is 0 Å².